The minimum atomic E-state index is -1.20. The fraction of sp³-hybridized carbons (Fsp3) is 0.700. The van der Waals surface area contributed by atoms with Crippen LogP contribution in [0.25, 0.3) is 0 Å². The number of thioether (sulfide) groups is 1. The van der Waals surface area contributed by atoms with Gasteiger partial charge in [0.25, 0.3) is 0 Å². The minimum absolute atomic E-state index is 0.0522. The van der Waals surface area contributed by atoms with Crippen molar-refractivity contribution < 1.29 is 24.3 Å². The fourth-order valence-corrected chi connectivity index (χ4v) is 3.58. The summed E-state index contributed by atoms with van der Waals surface area (Å²) in [7, 11) is 0. The molecule has 0 spiro atoms. The number of thiol groups is 1. The highest BCUT2D eigenvalue weighted by Gasteiger charge is 2.29. The molecular weight excluding hydrogens is 524 g/mol. The van der Waals surface area contributed by atoms with Gasteiger partial charge in [0.05, 0.1) is 6.04 Å². The third kappa shape index (κ3) is 15.7. The van der Waals surface area contributed by atoms with Crippen LogP contribution in [-0.4, -0.2) is 95.7 Å². The normalized spacial score (nSPS) is 13.8. The summed E-state index contributed by atoms with van der Waals surface area (Å²) >= 11 is 5.43. The van der Waals surface area contributed by atoms with Crippen LogP contribution in [0.5, 0.6) is 0 Å². The zero-order valence-electron chi connectivity index (χ0n) is 20.9. The van der Waals surface area contributed by atoms with Crippen molar-refractivity contribution in [3.8, 4) is 0 Å². The molecule has 15 nitrogen and oxygen atoms in total. The first-order valence-corrected chi connectivity index (χ1v) is 13.6. The van der Waals surface area contributed by atoms with E-state index in [4.69, 9.17) is 28.7 Å². The second-order valence-electron chi connectivity index (χ2n) is 7.99. The second-order valence-corrected chi connectivity index (χ2v) is 9.34. The quantitative estimate of drug-likeness (QED) is 0.0320. The minimum Gasteiger partial charge on any atom is -0.480 e. The molecule has 0 aliphatic heterocycles. The van der Waals surface area contributed by atoms with Crippen LogP contribution in [-0.2, 0) is 19.2 Å². The van der Waals surface area contributed by atoms with Crippen LogP contribution in [0.15, 0.2) is 9.98 Å². The number of aliphatic imine (C=N–C) groups is 2. The molecule has 17 heteroatoms. The molecule has 0 rings (SSSR count). The standard InChI is InChI=1S/C20H40N10O5S2/c1-37-9-6-14(18(34)35)30-17(33)13(5-3-8-27-20(24)25)29-16(32)12(4-2-7-26-19(22)23)28-15(31)11(21)10-36/h11-14,36H,2-10,21H2,1H3,(H,28,31)(H,29,32)(H,30,33)(H,34,35)(H4,22,23,26)(H4,24,25,27). The highest BCUT2D eigenvalue weighted by atomic mass is 32.2. The van der Waals surface area contributed by atoms with Crippen molar-refractivity contribution in [2.24, 2.45) is 38.7 Å². The molecule has 14 N–H and O–H groups in total. The van der Waals surface area contributed by atoms with E-state index in [-0.39, 0.29) is 50.0 Å². The van der Waals surface area contributed by atoms with Gasteiger partial charge in [0.1, 0.15) is 18.1 Å². The fourth-order valence-electron chi connectivity index (χ4n) is 2.94. The van der Waals surface area contributed by atoms with Crippen molar-refractivity contribution in [2.75, 3.05) is 30.9 Å². The number of rotatable bonds is 19. The average Bonchev–Trinajstić information content (AvgIpc) is 2.83. The number of carbonyl (C=O) groups excluding carboxylic acids is 3. The summed E-state index contributed by atoms with van der Waals surface area (Å²) < 4.78 is 0. The number of carbonyl (C=O) groups is 4. The van der Waals surface area contributed by atoms with Gasteiger partial charge in [-0.15, -0.1) is 0 Å². The van der Waals surface area contributed by atoms with Crippen LogP contribution in [0, 0.1) is 0 Å². The van der Waals surface area contributed by atoms with Crippen LogP contribution in [0.3, 0.4) is 0 Å². The highest BCUT2D eigenvalue weighted by molar-refractivity contribution is 7.98. The molecule has 0 aromatic heterocycles. The second kappa shape index (κ2) is 19.2. The van der Waals surface area contributed by atoms with Crippen LogP contribution >= 0.6 is 24.4 Å². The van der Waals surface area contributed by atoms with E-state index in [1.165, 1.54) is 11.8 Å². The van der Waals surface area contributed by atoms with Gasteiger partial charge in [-0.3, -0.25) is 24.4 Å². The monoisotopic (exact) mass is 564 g/mol. The maximum absolute atomic E-state index is 13.1. The number of nitrogens with two attached hydrogens (primary N) is 5. The third-order valence-corrected chi connectivity index (χ3v) is 5.95. The van der Waals surface area contributed by atoms with Gasteiger partial charge in [-0.05, 0) is 44.1 Å². The molecule has 0 bridgehead atoms. The molecule has 0 heterocycles. The van der Waals surface area contributed by atoms with Gasteiger partial charge in [-0.25, -0.2) is 4.79 Å². The molecule has 0 aromatic rings. The first-order valence-electron chi connectivity index (χ1n) is 11.5. The van der Waals surface area contributed by atoms with Gasteiger partial charge < -0.3 is 49.7 Å². The van der Waals surface area contributed by atoms with Crippen molar-refractivity contribution in [3.05, 3.63) is 0 Å². The van der Waals surface area contributed by atoms with Crippen molar-refractivity contribution in [1.82, 2.24) is 16.0 Å². The van der Waals surface area contributed by atoms with Gasteiger partial charge in [-0.2, -0.15) is 24.4 Å². The molecular formula is C20H40N10O5S2. The average molecular weight is 565 g/mol. The maximum atomic E-state index is 13.1. The Labute approximate surface area is 226 Å². The van der Waals surface area contributed by atoms with Crippen molar-refractivity contribution in [3.63, 3.8) is 0 Å². The summed E-state index contributed by atoms with van der Waals surface area (Å²) in [4.78, 5) is 57.7. The molecule has 4 atom stereocenters. The van der Waals surface area contributed by atoms with E-state index in [0.29, 0.717) is 18.6 Å². The molecule has 0 radical (unpaired) electrons. The lowest BCUT2D eigenvalue weighted by atomic mass is 10.1. The van der Waals surface area contributed by atoms with Gasteiger partial charge in [0.15, 0.2) is 11.9 Å². The van der Waals surface area contributed by atoms with Gasteiger partial charge in [0, 0.05) is 18.8 Å². The lowest BCUT2D eigenvalue weighted by Crippen LogP contribution is -2.57. The molecule has 3 amide bonds. The van der Waals surface area contributed by atoms with Crippen LogP contribution < -0.4 is 44.6 Å². The Bertz CT molecular complexity index is 806. The topological polar surface area (TPSA) is 279 Å². The zero-order valence-corrected chi connectivity index (χ0v) is 22.6. The Morgan fingerprint density at radius 1 is 0.811 bits per heavy atom. The first kappa shape index (κ1) is 34.1. The number of carboxylic acid groups (broad SMARTS) is 1. The van der Waals surface area contributed by atoms with E-state index < -0.39 is 47.9 Å². The number of hydrogen-bond donors (Lipinski definition) is 10. The summed E-state index contributed by atoms with van der Waals surface area (Å²) in [6.45, 7) is 0.394. The Balaban J connectivity index is 5.64. The highest BCUT2D eigenvalue weighted by Crippen LogP contribution is 2.06. The molecule has 0 aliphatic rings. The van der Waals surface area contributed by atoms with Gasteiger partial charge >= 0.3 is 5.97 Å². The summed E-state index contributed by atoms with van der Waals surface area (Å²) in [5.41, 5.74) is 27.0. The van der Waals surface area contributed by atoms with Gasteiger partial charge in [0.2, 0.25) is 17.7 Å². The zero-order chi connectivity index (χ0) is 28.4. The molecule has 212 valence electrons. The molecule has 4 unspecified atom stereocenters. The largest absolute Gasteiger partial charge is 0.480 e. The van der Waals surface area contributed by atoms with E-state index in [2.05, 4.69) is 38.6 Å². The van der Waals surface area contributed by atoms with Gasteiger partial charge in [-0.1, -0.05) is 0 Å². The first-order chi connectivity index (χ1) is 17.4. The lowest BCUT2D eigenvalue weighted by molar-refractivity contribution is -0.142. The number of guanidine groups is 2. The number of amides is 3. The van der Waals surface area contributed by atoms with Crippen molar-refractivity contribution in [2.45, 2.75) is 56.3 Å². The maximum Gasteiger partial charge on any atom is 0.326 e. The number of hydrogen-bond acceptors (Lipinski definition) is 9. The van der Waals surface area contributed by atoms with Crippen molar-refractivity contribution in [1.29, 1.82) is 0 Å². The summed E-state index contributed by atoms with van der Waals surface area (Å²) in [5.74, 6) is -2.84. The molecule has 0 aliphatic carbocycles. The molecule has 0 saturated carbocycles. The third-order valence-electron chi connectivity index (χ3n) is 4.92. The van der Waals surface area contributed by atoms with E-state index in [1.54, 1.807) is 0 Å². The number of nitrogens with zero attached hydrogens (tertiary/aromatic N) is 2. The van der Waals surface area contributed by atoms with E-state index >= 15 is 0 Å². The van der Waals surface area contributed by atoms with E-state index in [0.717, 1.165) is 0 Å². The predicted octanol–water partition coefficient (Wildman–Crippen LogP) is -3.36. The molecule has 37 heavy (non-hydrogen) atoms. The summed E-state index contributed by atoms with van der Waals surface area (Å²) in [6, 6.07) is -4.27. The predicted molar refractivity (Wildman–Crippen MR) is 148 cm³/mol. The molecule has 0 aromatic carbocycles. The Kier molecular flexibility index (Phi) is 17.7. The van der Waals surface area contributed by atoms with Crippen molar-refractivity contribution >= 4 is 60.0 Å². The molecule has 0 saturated heterocycles. The van der Waals surface area contributed by atoms with Crippen LogP contribution in [0.2, 0.25) is 0 Å². The molecule has 0 fully saturated rings. The number of carboxylic acids is 1. The number of nitrogens with one attached hydrogen (secondary N) is 3. The van der Waals surface area contributed by atoms with E-state index in [9.17, 15) is 24.3 Å². The summed E-state index contributed by atoms with van der Waals surface area (Å²) in [6.07, 6.45) is 2.90. The Morgan fingerprint density at radius 2 is 1.24 bits per heavy atom. The van der Waals surface area contributed by atoms with Crippen LogP contribution in [0.4, 0.5) is 0 Å². The van der Waals surface area contributed by atoms with Crippen LogP contribution in [0.1, 0.15) is 32.1 Å². The Hall–Kier alpha value is -2.92. The lowest BCUT2D eigenvalue weighted by Gasteiger charge is -2.25. The smallest absolute Gasteiger partial charge is 0.326 e. The summed E-state index contributed by atoms with van der Waals surface area (Å²) in [5, 5.41) is 17.1. The van der Waals surface area contributed by atoms with E-state index in [1.807, 2.05) is 6.26 Å². The number of aliphatic carboxylic acids is 1. The SMILES string of the molecule is CSCCC(NC(=O)C(CCCN=C(N)N)NC(=O)C(CCCN=C(N)N)NC(=O)C(N)CS)C(=O)O. The Morgan fingerprint density at radius 3 is 1.62 bits per heavy atom.